The topological polar surface area (TPSA) is 58.4 Å². The van der Waals surface area contributed by atoms with Crippen LogP contribution in [-0.2, 0) is 4.79 Å². The van der Waals surface area contributed by atoms with E-state index in [2.05, 4.69) is 17.3 Å². The molecule has 0 unspecified atom stereocenters. The maximum atomic E-state index is 11.6. The molecule has 0 saturated heterocycles. The number of nitrogens with two attached hydrogens (primary N) is 1. The van der Waals surface area contributed by atoms with E-state index in [0.29, 0.717) is 6.54 Å². The molecule has 0 aromatic carbocycles. The Hall–Kier alpha value is -0.610. The molecule has 4 nitrogen and oxygen atoms in total. The highest BCUT2D eigenvalue weighted by Crippen LogP contribution is 2.21. The molecule has 0 spiro atoms. The summed E-state index contributed by atoms with van der Waals surface area (Å²) in [5.41, 5.74) is 5.74. The average molecular weight is 241 g/mol. The summed E-state index contributed by atoms with van der Waals surface area (Å²) in [6.07, 6.45) is 7.03. The zero-order valence-corrected chi connectivity index (χ0v) is 11.2. The van der Waals surface area contributed by atoms with Crippen LogP contribution in [0.25, 0.3) is 0 Å². The Morgan fingerprint density at radius 2 is 2.12 bits per heavy atom. The first-order chi connectivity index (χ1) is 8.15. The van der Waals surface area contributed by atoms with Gasteiger partial charge in [-0.05, 0) is 26.3 Å². The van der Waals surface area contributed by atoms with Gasteiger partial charge in [0.2, 0.25) is 5.91 Å². The highest BCUT2D eigenvalue weighted by molar-refractivity contribution is 5.81. The first-order valence-electron chi connectivity index (χ1n) is 6.88. The van der Waals surface area contributed by atoms with Crippen molar-refractivity contribution in [2.75, 3.05) is 20.1 Å². The third-order valence-electron chi connectivity index (χ3n) is 3.65. The molecule has 0 bridgehead atoms. The van der Waals surface area contributed by atoms with Gasteiger partial charge >= 0.3 is 0 Å². The maximum Gasteiger partial charge on any atom is 0.236 e. The van der Waals surface area contributed by atoms with E-state index >= 15 is 0 Å². The Labute approximate surface area is 105 Å². The van der Waals surface area contributed by atoms with Crippen molar-refractivity contribution in [3.05, 3.63) is 0 Å². The van der Waals surface area contributed by atoms with Gasteiger partial charge in [0.1, 0.15) is 0 Å². The molecule has 0 aliphatic heterocycles. The van der Waals surface area contributed by atoms with Gasteiger partial charge < -0.3 is 16.0 Å². The van der Waals surface area contributed by atoms with Crippen molar-refractivity contribution in [2.24, 2.45) is 5.73 Å². The van der Waals surface area contributed by atoms with Gasteiger partial charge in [-0.2, -0.15) is 0 Å². The van der Waals surface area contributed by atoms with Crippen LogP contribution in [0.3, 0.4) is 0 Å². The van der Waals surface area contributed by atoms with E-state index in [-0.39, 0.29) is 11.9 Å². The standard InChI is InChI=1S/C13H27N3O/c1-3-6-12(14)13(17)15-9-10-16(2)11-7-4-5-8-11/h11-12H,3-10,14H2,1-2H3,(H,15,17)/t12-/m1/s1. The third kappa shape index (κ3) is 5.04. The second-order valence-corrected chi connectivity index (χ2v) is 5.11. The number of carbonyl (C=O) groups excluding carboxylic acids is 1. The van der Waals surface area contributed by atoms with Crippen molar-refractivity contribution in [3.63, 3.8) is 0 Å². The summed E-state index contributed by atoms with van der Waals surface area (Å²) in [6.45, 7) is 3.68. The Balaban J connectivity index is 2.11. The highest BCUT2D eigenvalue weighted by Gasteiger charge is 2.19. The Bertz CT molecular complexity index is 227. The van der Waals surface area contributed by atoms with Gasteiger partial charge in [-0.3, -0.25) is 4.79 Å². The van der Waals surface area contributed by atoms with Crippen molar-refractivity contribution < 1.29 is 4.79 Å². The monoisotopic (exact) mass is 241 g/mol. The fraction of sp³-hybridized carbons (Fsp3) is 0.923. The zero-order valence-electron chi connectivity index (χ0n) is 11.2. The minimum atomic E-state index is -0.336. The number of nitrogens with zero attached hydrogens (tertiary/aromatic N) is 1. The number of hydrogen-bond donors (Lipinski definition) is 2. The van der Waals surface area contributed by atoms with Gasteiger partial charge in [0.15, 0.2) is 0 Å². The summed E-state index contributed by atoms with van der Waals surface area (Å²) in [4.78, 5) is 13.9. The van der Waals surface area contributed by atoms with Crippen molar-refractivity contribution in [2.45, 2.75) is 57.5 Å². The van der Waals surface area contributed by atoms with Crippen LogP contribution in [0.1, 0.15) is 45.4 Å². The average Bonchev–Trinajstić information content (AvgIpc) is 2.82. The number of amides is 1. The Morgan fingerprint density at radius 1 is 1.47 bits per heavy atom. The lowest BCUT2D eigenvalue weighted by molar-refractivity contribution is -0.122. The Morgan fingerprint density at radius 3 is 2.71 bits per heavy atom. The molecule has 17 heavy (non-hydrogen) atoms. The van der Waals surface area contributed by atoms with Crippen LogP contribution in [-0.4, -0.2) is 43.0 Å². The minimum Gasteiger partial charge on any atom is -0.353 e. The van der Waals surface area contributed by atoms with E-state index in [9.17, 15) is 4.79 Å². The molecule has 1 saturated carbocycles. The summed E-state index contributed by atoms with van der Waals surface area (Å²) in [6, 6.07) is 0.382. The van der Waals surface area contributed by atoms with Crippen LogP contribution >= 0.6 is 0 Å². The summed E-state index contributed by atoms with van der Waals surface area (Å²) in [7, 11) is 2.15. The smallest absolute Gasteiger partial charge is 0.236 e. The van der Waals surface area contributed by atoms with Crippen LogP contribution in [0, 0.1) is 0 Å². The fourth-order valence-electron chi connectivity index (χ4n) is 2.46. The quantitative estimate of drug-likeness (QED) is 0.702. The van der Waals surface area contributed by atoms with Crippen LogP contribution in [0.5, 0.6) is 0 Å². The summed E-state index contributed by atoms with van der Waals surface area (Å²) >= 11 is 0. The van der Waals surface area contributed by atoms with Gasteiger partial charge in [0.25, 0.3) is 0 Å². The van der Waals surface area contributed by atoms with E-state index in [1.54, 1.807) is 0 Å². The van der Waals surface area contributed by atoms with E-state index in [1.165, 1.54) is 25.7 Å². The molecule has 0 aromatic rings. The number of hydrogen-bond acceptors (Lipinski definition) is 3. The second-order valence-electron chi connectivity index (χ2n) is 5.11. The normalized spacial score (nSPS) is 18.6. The van der Waals surface area contributed by atoms with Crippen molar-refractivity contribution in [1.82, 2.24) is 10.2 Å². The molecular formula is C13H27N3O. The Kier molecular flexibility index (Phi) is 6.52. The van der Waals surface area contributed by atoms with Gasteiger partial charge in [0, 0.05) is 19.1 Å². The lowest BCUT2D eigenvalue weighted by atomic mass is 10.1. The minimum absolute atomic E-state index is 0.00771. The highest BCUT2D eigenvalue weighted by atomic mass is 16.2. The van der Waals surface area contributed by atoms with E-state index < -0.39 is 0 Å². The van der Waals surface area contributed by atoms with E-state index in [4.69, 9.17) is 5.73 Å². The first kappa shape index (κ1) is 14.5. The lowest BCUT2D eigenvalue weighted by Crippen LogP contribution is -2.44. The van der Waals surface area contributed by atoms with Gasteiger partial charge in [-0.1, -0.05) is 26.2 Å². The zero-order chi connectivity index (χ0) is 12.7. The number of carbonyl (C=O) groups is 1. The van der Waals surface area contributed by atoms with Gasteiger partial charge in [-0.25, -0.2) is 0 Å². The largest absolute Gasteiger partial charge is 0.353 e. The predicted octanol–water partition coefficient (Wildman–Crippen LogP) is 1.10. The number of nitrogens with one attached hydrogen (secondary N) is 1. The molecule has 1 aliphatic carbocycles. The molecule has 3 N–H and O–H groups in total. The SMILES string of the molecule is CCC[C@@H](N)C(=O)NCCN(C)C1CCCC1. The van der Waals surface area contributed by atoms with Crippen LogP contribution in [0.15, 0.2) is 0 Å². The molecule has 1 fully saturated rings. The second kappa shape index (κ2) is 7.67. The third-order valence-corrected chi connectivity index (χ3v) is 3.65. The summed E-state index contributed by atoms with van der Waals surface area (Å²) in [5.74, 6) is -0.00771. The molecule has 1 atom stereocenters. The molecule has 100 valence electrons. The maximum absolute atomic E-state index is 11.6. The first-order valence-corrected chi connectivity index (χ1v) is 6.88. The fourth-order valence-corrected chi connectivity index (χ4v) is 2.46. The van der Waals surface area contributed by atoms with Crippen molar-refractivity contribution in [1.29, 1.82) is 0 Å². The van der Waals surface area contributed by atoms with Crippen LogP contribution in [0.4, 0.5) is 0 Å². The molecule has 1 aliphatic rings. The van der Waals surface area contributed by atoms with E-state index in [1.807, 2.05) is 6.92 Å². The lowest BCUT2D eigenvalue weighted by Gasteiger charge is -2.24. The molecule has 1 rings (SSSR count). The van der Waals surface area contributed by atoms with E-state index in [0.717, 1.165) is 25.4 Å². The molecule has 0 heterocycles. The summed E-state index contributed by atoms with van der Waals surface area (Å²) in [5, 5.41) is 2.92. The van der Waals surface area contributed by atoms with Crippen molar-refractivity contribution in [3.8, 4) is 0 Å². The molecular weight excluding hydrogens is 214 g/mol. The van der Waals surface area contributed by atoms with Gasteiger partial charge in [0.05, 0.1) is 6.04 Å². The van der Waals surface area contributed by atoms with Crippen molar-refractivity contribution >= 4 is 5.91 Å². The molecule has 4 heteroatoms. The number of rotatable bonds is 7. The van der Waals surface area contributed by atoms with Crippen LogP contribution < -0.4 is 11.1 Å². The molecule has 0 aromatic heterocycles. The summed E-state index contributed by atoms with van der Waals surface area (Å²) < 4.78 is 0. The predicted molar refractivity (Wildman–Crippen MR) is 70.8 cm³/mol. The van der Waals surface area contributed by atoms with Crippen LogP contribution in [0.2, 0.25) is 0 Å². The number of likely N-dealkylation sites (N-methyl/N-ethyl adjacent to an activating group) is 1. The van der Waals surface area contributed by atoms with Gasteiger partial charge in [-0.15, -0.1) is 0 Å². The molecule has 1 amide bonds. The molecule has 0 radical (unpaired) electrons.